The van der Waals surface area contributed by atoms with Crippen molar-refractivity contribution in [3.05, 3.63) is 48.0 Å². The standard InChI is InChI=1S/C17H23NO2/c1-14-9-5-2-3-8-12-18-16(13-20-17(14)19)15-10-6-4-7-11-15/h2,4-7,10-11,14,16,18H,3,8-9,12-13H2,1H3/b5-2-/t14-,16-/m0/s1. The molecule has 1 aliphatic heterocycles. The van der Waals surface area contributed by atoms with Gasteiger partial charge >= 0.3 is 5.97 Å². The molecule has 108 valence electrons. The molecule has 20 heavy (non-hydrogen) atoms. The van der Waals surface area contributed by atoms with Crippen LogP contribution in [0.15, 0.2) is 42.5 Å². The first-order valence-electron chi connectivity index (χ1n) is 7.37. The van der Waals surface area contributed by atoms with E-state index in [4.69, 9.17) is 4.74 Å². The van der Waals surface area contributed by atoms with Crippen LogP contribution in [-0.4, -0.2) is 19.1 Å². The monoisotopic (exact) mass is 273 g/mol. The number of rotatable bonds is 1. The third kappa shape index (κ3) is 4.49. The average Bonchev–Trinajstić information content (AvgIpc) is 2.48. The second kappa shape index (κ2) is 7.85. The van der Waals surface area contributed by atoms with Gasteiger partial charge in [-0.2, -0.15) is 0 Å². The Morgan fingerprint density at radius 2 is 2.00 bits per heavy atom. The highest BCUT2D eigenvalue weighted by molar-refractivity contribution is 5.72. The Kier molecular flexibility index (Phi) is 5.81. The van der Waals surface area contributed by atoms with Crippen LogP contribution in [0, 0.1) is 5.92 Å². The highest BCUT2D eigenvalue weighted by Crippen LogP contribution is 2.15. The Balaban J connectivity index is 2.04. The normalized spacial score (nSPS) is 26.9. The van der Waals surface area contributed by atoms with Crippen molar-refractivity contribution in [1.29, 1.82) is 0 Å². The van der Waals surface area contributed by atoms with Crippen molar-refractivity contribution in [1.82, 2.24) is 5.32 Å². The van der Waals surface area contributed by atoms with Gasteiger partial charge in [0.2, 0.25) is 0 Å². The van der Waals surface area contributed by atoms with Crippen LogP contribution in [0.4, 0.5) is 0 Å². The lowest BCUT2D eigenvalue weighted by molar-refractivity contribution is -0.148. The van der Waals surface area contributed by atoms with Crippen molar-refractivity contribution in [2.75, 3.05) is 13.2 Å². The highest BCUT2D eigenvalue weighted by Gasteiger charge is 2.17. The Morgan fingerprint density at radius 3 is 2.80 bits per heavy atom. The van der Waals surface area contributed by atoms with Crippen LogP contribution in [0.2, 0.25) is 0 Å². The lowest BCUT2D eigenvalue weighted by atomic mass is 10.1. The first-order valence-corrected chi connectivity index (χ1v) is 7.37. The maximum absolute atomic E-state index is 11.9. The molecule has 0 saturated heterocycles. The van der Waals surface area contributed by atoms with Crippen molar-refractivity contribution in [3.8, 4) is 0 Å². The first-order chi connectivity index (χ1) is 9.77. The molecule has 1 heterocycles. The number of nitrogens with one attached hydrogen (secondary N) is 1. The van der Waals surface area contributed by atoms with Gasteiger partial charge in [0.05, 0.1) is 12.0 Å². The largest absolute Gasteiger partial charge is 0.463 e. The summed E-state index contributed by atoms with van der Waals surface area (Å²) < 4.78 is 5.46. The molecule has 2 atom stereocenters. The molecular formula is C17H23NO2. The zero-order chi connectivity index (χ0) is 14.2. The number of carbonyl (C=O) groups is 1. The van der Waals surface area contributed by atoms with E-state index in [1.165, 1.54) is 5.56 Å². The molecule has 0 radical (unpaired) electrons. The van der Waals surface area contributed by atoms with Gasteiger partial charge in [-0.05, 0) is 31.4 Å². The van der Waals surface area contributed by atoms with Crippen LogP contribution in [0.3, 0.4) is 0 Å². The smallest absolute Gasteiger partial charge is 0.309 e. The quantitative estimate of drug-likeness (QED) is 0.630. The van der Waals surface area contributed by atoms with Crippen molar-refractivity contribution >= 4 is 5.97 Å². The number of hydrogen-bond donors (Lipinski definition) is 1. The van der Waals surface area contributed by atoms with Crippen molar-refractivity contribution in [2.45, 2.75) is 32.2 Å². The van der Waals surface area contributed by atoms with Gasteiger partial charge in [-0.25, -0.2) is 0 Å². The minimum Gasteiger partial charge on any atom is -0.463 e. The van der Waals surface area contributed by atoms with Crippen LogP contribution in [-0.2, 0) is 9.53 Å². The average molecular weight is 273 g/mol. The van der Waals surface area contributed by atoms with E-state index >= 15 is 0 Å². The van der Waals surface area contributed by atoms with Gasteiger partial charge in [0, 0.05) is 0 Å². The van der Waals surface area contributed by atoms with E-state index < -0.39 is 0 Å². The number of carbonyl (C=O) groups excluding carboxylic acids is 1. The fourth-order valence-electron chi connectivity index (χ4n) is 2.28. The number of ether oxygens (including phenoxy) is 1. The summed E-state index contributed by atoms with van der Waals surface area (Å²) in [4.78, 5) is 11.9. The van der Waals surface area contributed by atoms with E-state index in [2.05, 4.69) is 29.6 Å². The van der Waals surface area contributed by atoms with Crippen LogP contribution in [0.25, 0.3) is 0 Å². The zero-order valence-corrected chi connectivity index (χ0v) is 12.0. The second-order valence-electron chi connectivity index (χ2n) is 5.30. The number of hydrogen-bond acceptors (Lipinski definition) is 3. The van der Waals surface area contributed by atoms with E-state index in [1.54, 1.807) is 0 Å². The molecule has 0 saturated carbocycles. The van der Waals surface area contributed by atoms with Crippen LogP contribution >= 0.6 is 0 Å². The lowest BCUT2D eigenvalue weighted by Gasteiger charge is -2.20. The molecule has 1 aliphatic rings. The number of esters is 1. The van der Waals surface area contributed by atoms with E-state index in [0.717, 1.165) is 25.8 Å². The Labute approximate surface area is 121 Å². The van der Waals surface area contributed by atoms with Crippen LogP contribution < -0.4 is 5.32 Å². The molecule has 1 N–H and O–H groups in total. The predicted molar refractivity (Wildman–Crippen MR) is 80.3 cm³/mol. The van der Waals surface area contributed by atoms with E-state index in [-0.39, 0.29) is 17.9 Å². The molecule has 3 heteroatoms. The molecule has 0 aliphatic carbocycles. The second-order valence-corrected chi connectivity index (χ2v) is 5.30. The molecule has 0 unspecified atom stereocenters. The minimum atomic E-state index is -0.113. The lowest BCUT2D eigenvalue weighted by Crippen LogP contribution is -2.29. The first kappa shape index (κ1) is 14.8. The van der Waals surface area contributed by atoms with Crippen molar-refractivity contribution in [3.63, 3.8) is 0 Å². The van der Waals surface area contributed by atoms with Gasteiger partial charge in [0.1, 0.15) is 6.61 Å². The van der Waals surface area contributed by atoms with Gasteiger partial charge in [0.25, 0.3) is 0 Å². The van der Waals surface area contributed by atoms with Gasteiger partial charge < -0.3 is 10.1 Å². The molecule has 1 aromatic carbocycles. The molecule has 3 nitrogen and oxygen atoms in total. The van der Waals surface area contributed by atoms with E-state index in [1.807, 2.05) is 25.1 Å². The SMILES string of the molecule is C[C@H]1C/C=C\CCCN[C@H](c2ccccc2)COC1=O. The number of benzene rings is 1. The zero-order valence-electron chi connectivity index (χ0n) is 12.0. The summed E-state index contributed by atoms with van der Waals surface area (Å²) in [7, 11) is 0. The van der Waals surface area contributed by atoms with Gasteiger partial charge in [0.15, 0.2) is 0 Å². The molecule has 0 amide bonds. The van der Waals surface area contributed by atoms with E-state index in [9.17, 15) is 4.79 Å². The molecule has 0 fully saturated rings. The van der Waals surface area contributed by atoms with Crippen molar-refractivity contribution < 1.29 is 9.53 Å². The summed E-state index contributed by atoms with van der Waals surface area (Å²) in [6.45, 7) is 3.25. The Morgan fingerprint density at radius 1 is 1.20 bits per heavy atom. The van der Waals surface area contributed by atoms with Crippen LogP contribution in [0.1, 0.15) is 37.8 Å². The van der Waals surface area contributed by atoms with Gasteiger partial charge in [-0.1, -0.05) is 49.4 Å². The third-order valence-corrected chi connectivity index (χ3v) is 3.59. The van der Waals surface area contributed by atoms with Crippen molar-refractivity contribution in [2.24, 2.45) is 5.92 Å². The summed E-state index contributed by atoms with van der Waals surface area (Å²) in [5.41, 5.74) is 1.17. The summed E-state index contributed by atoms with van der Waals surface area (Å²) in [6.07, 6.45) is 7.16. The molecule has 1 aromatic rings. The summed E-state index contributed by atoms with van der Waals surface area (Å²) in [6, 6.07) is 10.2. The molecular weight excluding hydrogens is 250 g/mol. The van der Waals surface area contributed by atoms with E-state index in [0.29, 0.717) is 6.61 Å². The Bertz CT molecular complexity index is 442. The number of cyclic esters (lactones) is 1. The fourth-order valence-corrected chi connectivity index (χ4v) is 2.28. The molecule has 0 spiro atoms. The molecule has 0 bridgehead atoms. The third-order valence-electron chi connectivity index (χ3n) is 3.59. The summed E-state index contributed by atoms with van der Waals surface area (Å²) >= 11 is 0. The topological polar surface area (TPSA) is 38.3 Å². The summed E-state index contributed by atoms with van der Waals surface area (Å²) in [5.74, 6) is -0.181. The predicted octanol–water partition coefficient (Wildman–Crippen LogP) is 3.24. The molecule has 2 rings (SSSR count). The highest BCUT2D eigenvalue weighted by atomic mass is 16.5. The maximum atomic E-state index is 11.9. The summed E-state index contributed by atoms with van der Waals surface area (Å²) in [5, 5.41) is 3.48. The molecule has 0 aromatic heterocycles. The minimum absolute atomic E-state index is 0.0675. The Hall–Kier alpha value is -1.61. The van der Waals surface area contributed by atoms with Crippen LogP contribution in [0.5, 0.6) is 0 Å². The number of allylic oxidation sites excluding steroid dienone is 2. The fraction of sp³-hybridized carbons (Fsp3) is 0.471. The van der Waals surface area contributed by atoms with Gasteiger partial charge in [-0.15, -0.1) is 0 Å². The maximum Gasteiger partial charge on any atom is 0.309 e. The van der Waals surface area contributed by atoms with Gasteiger partial charge in [-0.3, -0.25) is 4.79 Å².